The van der Waals surface area contributed by atoms with Gasteiger partial charge in [0, 0.05) is 25.2 Å². The number of fused-ring (bicyclic) bond motifs is 1. The second kappa shape index (κ2) is 6.36. The third-order valence-corrected chi connectivity index (χ3v) is 3.39. The molecule has 108 valence electrons. The molecule has 0 spiro atoms. The molecule has 1 aromatic rings. The van der Waals surface area contributed by atoms with Gasteiger partial charge in [0.25, 0.3) is 5.69 Å². The van der Waals surface area contributed by atoms with Crippen molar-refractivity contribution in [2.24, 2.45) is 0 Å². The zero-order valence-corrected chi connectivity index (χ0v) is 11.5. The molecule has 1 aliphatic rings. The molecule has 6 nitrogen and oxygen atoms in total. The van der Waals surface area contributed by atoms with E-state index in [2.05, 4.69) is 0 Å². The zero-order valence-electron chi connectivity index (χ0n) is 11.5. The van der Waals surface area contributed by atoms with E-state index in [0.29, 0.717) is 26.1 Å². The highest BCUT2D eigenvalue weighted by molar-refractivity contribution is 5.68. The number of unbranched alkanes of at least 4 members (excludes halogenated alkanes) is 1. The van der Waals surface area contributed by atoms with E-state index in [1.165, 1.54) is 6.07 Å². The summed E-state index contributed by atoms with van der Waals surface area (Å²) in [4.78, 5) is 23.8. The van der Waals surface area contributed by atoms with Crippen LogP contribution in [-0.2, 0) is 17.7 Å². The van der Waals surface area contributed by atoms with Crippen LogP contribution in [-0.4, -0.2) is 29.1 Å². The Labute approximate surface area is 117 Å². The van der Waals surface area contributed by atoms with Gasteiger partial charge in [0.15, 0.2) is 0 Å². The van der Waals surface area contributed by atoms with Crippen LogP contribution in [0.3, 0.4) is 0 Å². The molecule has 20 heavy (non-hydrogen) atoms. The van der Waals surface area contributed by atoms with Crippen molar-refractivity contribution in [2.75, 3.05) is 13.2 Å². The summed E-state index contributed by atoms with van der Waals surface area (Å²) in [7, 11) is 0. The molecule has 0 atom stereocenters. The minimum atomic E-state index is -0.418. The molecule has 0 saturated carbocycles. The first kappa shape index (κ1) is 14.3. The van der Waals surface area contributed by atoms with Gasteiger partial charge in [-0.05, 0) is 24.0 Å². The lowest BCUT2D eigenvalue weighted by Crippen LogP contribution is -2.36. The maximum atomic E-state index is 11.9. The molecule has 2 rings (SSSR count). The Morgan fingerprint density at radius 2 is 2.25 bits per heavy atom. The number of nitro benzene ring substituents is 1. The Bertz CT molecular complexity index is 516. The molecule has 1 amide bonds. The number of carbonyl (C=O) groups is 1. The lowest BCUT2D eigenvalue weighted by atomic mass is 9.99. The molecule has 0 bridgehead atoms. The number of non-ortho nitro benzene ring substituents is 1. The van der Waals surface area contributed by atoms with Gasteiger partial charge in [-0.1, -0.05) is 19.4 Å². The fraction of sp³-hybridized carbons (Fsp3) is 0.500. The number of hydrogen-bond donors (Lipinski definition) is 0. The molecule has 1 aromatic carbocycles. The van der Waals surface area contributed by atoms with Crippen molar-refractivity contribution < 1.29 is 14.5 Å². The molecule has 0 N–H and O–H groups in total. The van der Waals surface area contributed by atoms with Crippen LogP contribution in [0.15, 0.2) is 18.2 Å². The van der Waals surface area contributed by atoms with E-state index in [4.69, 9.17) is 4.74 Å². The van der Waals surface area contributed by atoms with Gasteiger partial charge < -0.3 is 9.64 Å². The summed E-state index contributed by atoms with van der Waals surface area (Å²) in [6.07, 6.45) is 2.19. The van der Waals surface area contributed by atoms with Crippen molar-refractivity contribution in [3.63, 3.8) is 0 Å². The number of amides is 1. The van der Waals surface area contributed by atoms with Crippen LogP contribution in [0.2, 0.25) is 0 Å². The molecule has 0 aliphatic carbocycles. The van der Waals surface area contributed by atoms with Crippen LogP contribution < -0.4 is 0 Å². The second-order valence-electron chi connectivity index (χ2n) is 4.85. The molecule has 0 fully saturated rings. The Hall–Kier alpha value is -2.11. The van der Waals surface area contributed by atoms with E-state index in [9.17, 15) is 14.9 Å². The van der Waals surface area contributed by atoms with E-state index in [1.54, 1.807) is 17.0 Å². The first-order valence-electron chi connectivity index (χ1n) is 6.79. The van der Waals surface area contributed by atoms with Gasteiger partial charge in [-0.25, -0.2) is 4.79 Å². The van der Waals surface area contributed by atoms with Gasteiger partial charge in [0.05, 0.1) is 11.5 Å². The fourth-order valence-corrected chi connectivity index (χ4v) is 2.21. The lowest BCUT2D eigenvalue weighted by molar-refractivity contribution is -0.385. The summed E-state index contributed by atoms with van der Waals surface area (Å²) >= 11 is 0. The van der Waals surface area contributed by atoms with Crippen molar-refractivity contribution in [3.05, 3.63) is 39.4 Å². The number of carbonyl (C=O) groups excluding carboxylic acids is 1. The van der Waals surface area contributed by atoms with Crippen LogP contribution in [0.4, 0.5) is 10.5 Å². The van der Waals surface area contributed by atoms with Crippen molar-refractivity contribution in [2.45, 2.75) is 32.7 Å². The van der Waals surface area contributed by atoms with Gasteiger partial charge in [-0.15, -0.1) is 0 Å². The molecular formula is C14H18N2O4. The topological polar surface area (TPSA) is 72.7 Å². The summed E-state index contributed by atoms with van der Waals surface area (Å²) in [6.45, 7) is 3.43. The summed E-state index contributed by atoms with van der Waals surface area (Å²) in [5.41, 5.74) is 1.95. The minimum Gasteiger partial charge on any atom is -0.449 e. The maximum Gasteiger partial charge on any atom is 0.410 e. The average Bonchev–Trinajstić information content (AvgIpc) is 2.46. The highest BCUT2D eigenvalue weighted by atomic mass is 16.6. The highest BCUT2D eigenvalue weighted by Gasteiger charge is 2.23. The summed E-state index contributed by atoms with van der Waals surface area (Å²) < 4.78 is 5.17. The van der Waals surface area contributed by atoms with Crippen LogP contribution in [0, 0.1) is 10.1 Å². The van der Waals surface area contributed by atoms with Crippen LogP contribution in [0.25, 0.3) is 0 Å². The number of ether oxygens (including phenoxy) is 1. The Morgan fingerprint density at radius 1 is 1.45 bits per heavy atom. The molecule has 0 saturated heterocycles. The van der Waals surface area contributed by atoms with Crippen molar-refractivity contribution in [1.29, 1.82) is 0 Å². The predicted molar refractivity (Wildman–Crippen MR) is 73.5 cm³/mol. The first-order chi connectivity index (χ1) is 9.61. The van der Waals surface area contributed by atoms with Gasteiger partial charge >= 0.3 is 6.09 Å². The largest absolute Gasteiger partial charge is 0.449 e. The SMILES string of the molecule is CCCCOC(=O)N1CCc2ccc([N+](=O)[O-])cc2C1. The van der Waals surface area contributed by atoms with E-state index < -0.39 is 4.92 Å². The molecule has 0 aromatic heterocycles. The smallest absolute Gasteiger partial charge is 0.410 e. The standard InChI is InChI=1S/C14H18N2O4/c1-2-3-8-20-14(17)15-7-6-11-4-5-13(16(18)19)9-12(11)10-15/h4-5,9H,2-3,6-8,10H2,1H3. The second-order valence-corrected chi connectivity index (χ2v) is 4.85. The quantitative estimate of drug-likeness (QED) is 0.482. The van der Waals surface area contributed by atoms with E-state index in [1.807, 2.05) is 6.92 Å². The molecule has 6 heteroatoms. The number of rotatable bonds is 4. The zero-order chi connectivity index (χ0) is 14.5. The Balaban J connectivity index is 2.03. The third-order valence-electron chi connectivity index (χ3n) is 3.39. The Kier molecular flexibility index (Phi) is 4.55. The number of nitro groups is 1. The molecule has 1 aliphatic heterocycles. The van der Waals surface area contributed by atoms with Gasteiger partial charge in [0.2, 0.25) is 0 Å². The van der Waals surface area contributed by atoms with Crippen molar-refractivity contribution in [3.8, 4) is 0 Å². The summed E-state index contributed by atoms with van der Waals surface area (Å²) in [5.74, 6) is 0. The van der Waals surface area contributed by atoms with E-state index >= 15 is 0 Å². The van der Waals surface area contributed by atoms with Gasteiger partial charge in [-0.2, -0.15) is 0 Å². The minimum absolute atomic E-state index is 0.0601. The number of nitrogens with zero attached hydrogens (tertiary/aromatic N) is 2. The number of hydrogen-bond acceptors (Lipinski definition) is 4. The molecular weight excluding hydrogens is 260 g/mol. The van der Waals surface area contributed by atoms with Crippen molar-refractivity contribution >= 4 is 11.8 Å². The normalized spacial score (nSPS) is 13.8. The first-order valence-corrected chi connectivity index (χ1v) is 6.79. The van der Waals surface area contributed by atoms with Crippen LogP contribution in [0.5, 0.6) is 0 Å². The third kappa shape index (κ3) is 3.26. The predicted octanol–water partition coefficient (Wildman–Crippen LogP) is 2.89. The van der Waals surface area contributed by atoms with Crippen molar-refractivity contribution in [1.82, 2.24) is 4.90 Å². The maximum absolute atomic E-state index is 11.9. The van der Waals surface area contributed by atoms with Gasteiger partial charge in [-0.3, -0.25) is 10.1 Å². The van der Waals surface area contributed by atoms with Crippen LogP contribution in [0.1, 0.15) is 30.9 Å². The lowest BCUT2D eigenvalue weighted by Gasteiger charge is -2.27. The number of benzene rings is 1. The molecule has 0 radical (unpaired) electrons. The monoisotopic (exact) mass is 278 g/mol. The average molecular weight is 278 g/mol. The van der Waals surface area contributed by atoms with E-state index in [-0.39, 0.29) is 11.8 Å². The van der Waals surface area contributed by atoms with Crippen LogP contribution >= 0.6 is 0 Å². The fourth-order valence-electron chi connectivity index (χ4n) is 2.21. The highest BCUT2D eigenvalue weighted by Crippen LogP contribution is 2.24. The molecule has 1 heterocycles. The molecule has 0 unspecified atom stereocenters. The summed E-state index contributed by atoms with van der Waals surface area (Å²) in [6, 6.07) is 4.82. The summed E-state index contributed by atoms with van der Waals surface area (Å²) in [5, 5.41) is 10.8. The van der Waals surface area contributed by atoms with Gasteiger partial charge in [0.1, 0.15) is 0 Å². The Morgan fingerprint density at radius 3 is 2.95 bits per heavy atom. The van der Waals surface area contributed by atoms with E-state index in [0.717, 1.165) is 24.0 Å².